The van der Waals surface area contributed by atoms with Crippen molar-refractivity contribution >= 4 is 32.6 Å². The molecule has 152 valence electrons. The SMILES string of the molecule is O=c1cc(-c2ccccc2)c(=O)c2c1c1c(=O)c3ccccc3c1n2Cc1ccccc1. The predicted molar refractivity (Wildman–Crippen MR) is 129 cm³/mol. The monoisotopic (exact) mass is 415 g/mol. The van der Waals surface area contributed by atoms with Crippen LogP contribution in [-0.4, -0.2) is 4.57 Å². The Morgan fingerprint density at radius 3 is 1.94 bits per heavy atom. The van der Waals surface area contributed by atoms with E-state index < -0.39 is 0 Å². The van der Waals surface area contributed by atoms with E-state index in [9.17, 15) is 14.4 Å². The second-order valence-corrected chi connectivity index (χ2v) is 8.01. The Morgan fingerprint density at radius 2 is 1.22 bits per heavy atom. The highest BCUT2D eigenvalue weighted by Crippen LogP contribution is 2.32. The number of aromatic nitrogens is 1. The number of nitrogens with zero attached hydrogens (tertiary/aromatic N) is 1. The van der Waals surface area contributed by atoms with Crippen LogP contribution in [0.4, 0.5) is 0 Å². The van der Waals surface area contributed by atoms with Crippen LogP contribution in [0.2, 0.25) is 0 Å². The van der Waals surface area contributed by atoms with Gasteiger partial charge in [-0.3, -0.25) is 14.4 Å². The third-order valence-electron chi connectivity index (χ3n) is 6.17. The average molecular weight is 415 g/mol. The van der Waals surface area contributed by atoms with Gasteiger partial charge in [0.25, 0.3) is 0 Å². The van der Waals surface area contributed by atoms with Gasteiger partial charge in [-0.25, -0.2) is 0 Å². The fourth-order valence-corrected chi connectivity index (χ4v) is 4.77. The van der Waals surface area contributed by atoms with E-state index in [4.69, 9.17) is 0 Å². The predicted octanol–water partition coefficient (Wildman–Crippen LogP) is 4.62. The zero-order chi connectivity index (χ0) is 21.8. The maximum absolute atomic E-state index is 13.7. The molecule has 0 aliphatic rings. The third kappa shape index (κ3) is 2.53. The molecule has 0 bridgehead atoms. The number of hydrogen-bond donors (Lipinski definition) is 0. The van der Waals surface area contributed by atoms with Crippen molar-refractivity contribution in [2.45, 2.75) is 6.54 Å². The zero-order valence-electron chi connectivity index (χ0n) is 17.0. The van der Waals surface area contributed by atoms with Crippen LogP contribution in [0.5, 0.6) is 0 Å². The van der Waals surface area contributed by atoms with E-state index in [0.29, 0.717) is 39.5 Å². The summed E-state index contributed by atoms with van der Waals surface area (Å²) in [6.45, 7) is 0.390. The lowest BCUT2D eigenvalue weighted by molar-refractivity contribution is 0.869. The Bertz CT molecular complexity index is 1790. The Kier molecular flexibility index (Phi) is 3.95. The molecule has 0 saturated heterocycles. The van der Waals surface area contributed by atoms with E-state index in [2.05, 4.69) is 0 Å². The van der Waals surface area contributed by atoms with Gasteiger partial charge >= 0.3 is 0 Å². The van der Waals surface area contributed by atoms with Crippen molar-refractivity contribution in [1.82, 2.24) is 4.57 Å². The second kappa shape index (κ2) is 6.86. The highest BCUT2D eigenvalue weighted by molar-refractivity contribution is 6.21. The summed E-state index contributed by atoms with van der Waals surface area (Å²) in [5.41, 5.74) is 2.25. The molecule has 0 radical (unpaired) electrons. The molecule has 0 unspecified atom stereocenters. The Balaban J connectivity index is 1.83. The lowest BCUT2D eigenvalue weighted by atomic mass is 10.0. The lowest BCUT2D eigenvalue weighted by Gasteiger charge is -2.09. The van der Waals surface area contributed by atoms with Crippen molar-refractivity contribution in [2.75, 3.05) is 0 Å². The first-order chi connectivity index (χ1) is 15.6. The standard InChI is InChI=1S/C28H17NO3/c30-22-15-21(18-11-5-2-6-12-18)28(32)26-23(22)24-25(19-13-7-8-14-20(19)27(24)31)29(26)16-17-9-3-1-4-10-17/h1-15H,16H2. The molecular weight excluding hydrogens is 398 g/mol. The van der Waals surface area contributed by atoms with Crippen LogP contribution in [0.3, 0.4) is 0 Å². The molecule has 0 saturated carbocycles. The second-order valence-electron chi connectivity index (χ2n) is 8.01. The number of rotatable bonds is 3. The van der Waals surface area contributed by atoms with Gasteiger partial charge in [-0.15, -0.1) is 0 Å². The first-order valence-corrected chi connectivity index (χ1v) is 10.5. The van der Waals surface area contributed by atoms with Crippen molar-refractivity contribution in [3.8, 4) is 11.1 Å². The topological polar surface area (TPSA) is 56.1 Å². The van der Waals surface area contributed by atoms with Crippen molar-refractivity contribution in [1.29, 1.82) is 0 Å². The van der Waals surface area contributed by atoms with Crippen LogP contribution in [0.1, 0.15) is 5.56 Å². The van der Waals surface area contributed by atoms with Gasteiger partial charge < -0.3 is 4.57 Å². The van der Waals surface area contributed by atoms with Gasteiger partial charge in [0, 0.05) is 22.9 Å². The summed E-state index contributed by atoms with van der Waals surface area (Å²) in [5.74, 6) is 0. The first-order valence-electron chi connectivity index (χ1n) is 10.5. The van der Waals surface area contributed by atoms with E-state index in [0.717, 1.165) is 10.9 Å². The van der Waals surface area contributed by atoms with Gasteiger partial charge in [-0.05, 0) is 17.2 Å². The molecule has 4 heteroatoms. The van der Waals surface area contributed by atoms with Crippen LogP contribution < -0.4 is 16.3 Å². The normalized spacial score (nSPS) is 11.6. The minimum Gasteiger partial charge on any atom is -0.332 e. The van der Waals surface area contributed by atoms with E-state index in [1.54, 1.807) is 6.07 Å². The number of fused-ring (bicyclic) bond motifs is 5. The molecule has 0 N–H and O–H groups in total. The van der Waals surface area contributed by atoms with E-state index in [1.165, 1.54) is 6.07 Å². The van der Waals surface area contributed by atoms with Gasteiger partial charge in [0.15, 0.2) is 10.9 Å². The molecule has 5 aromatic carbocycles. The van der Waals surface area contributed by atoms with Crippen LogP contribution in [0.15, 0.2) is 105 Å². The number of hydrogen-bond acceptors (Lipinski definition) is 3. The molecule has 6 aromatic rings. The van der Waals surface area contributed by atoms with E-state index in [1.807, 2.05) is 83.4 Å². The van der Waals surface area contributed by atoms with Crippen molar-refractivity contribution < 1.29 is 0 Å². The van der Waals surface area contributed by atoms with Gasteiger partial charge in [-0.1, -0.05) is 84.9 Å². The Labute approximate surface area is 182 Å². The summed E-state index contributed by atoms with van der Waals surface area (Å²) >= 11 is 0. The van der Waals surface area contributed by atoms with Crippen molar-refractivity contribution in [3.05, 3.63) is 127 Å². The lowest BCUT2D eigenvalue weighted by Crippen LogP contribution is -2.16. The highest BCUT2D eigenvalue weighted by Gasteiger charge is 2.25. The van der Waals surface area contributed by atoms with Crippen LogP contribution >= 0.6 is 0 Å². The molecule has 0 atom stereocenters. The maximum Gasteiger partial charge on any atom is 0.210 e. The van der Waals surface area contributed by atoms with E-state index in [-0.39, 0.29) is 21.7 Å². The van der Waals surface area contributed by atoms with Gasteiger partial charge in [0.2, 0.25) is 5.43 Å². The molecule has 1 aromatic heterocycles. The van der Waals surface area contributed by atoms with Crippen molar-refractivity contribution in [2.24, 2.45) is 0 Å². The third-order valence-corrected chi connectivity index (χ3v) is 6.17. The number of benzene rings is 4. The molecular formula is C28H17NO3. The van der Waals surface area contributed by atoms with Crippen LogP contribution in [-0.2, 0) is 6.54 Å². The maximum atomic E-state index is 13.7. The van der Waals surface area contributed by atoms with Gasteiger partial charge in [-0.2, -0.15) is 0 Å². The minimum atomic E-state index is -0.303. The molecule has 0 aliphatic heterocycles. The van der Waals surface area contributed by atoms with E-state index >= 15 is 0 Å². The molecule has 1 heterocycles. The summed E-state index contributed by atoms with van der Waals surface area (Å²) in [4.78, 5) is 40.4. The zero-order valence-corrected chi connectivity index (χ0v) is 17.0. The minimum absolute atomic E-state index is 0.198. The molecule has 0 fully saturated rings. The van der Waals surface area contributed by atoms with Gasteiger partial charge in [0.1, 0.15) is 5.52 Å². The summed E-state index contributed by atoms with van der Waals surface area (Å²) < 4.78 is 1.86. The first kappa shape index (κ1) is 18.5. The molecule has 0 aliphatic carbocycles. The summed E-state index contributed by atoms with van der Waals surface area (Å²) in [6.07, 6.45) is 0. The van der Waals surface area contributed by atoms with Crippen LogP contribution in [0, 0.1) is 0 Å². The Morgan fingerprint density at radius 1 is 0.594 bits per heavy atom. The van der Waals surface area contributed by atoms with Gasteiger partial charge in [0.05, 0.1) is 16.3 Å². The smallest absolute Gasteiger partial charge is 0.210 e. The summed E-state index contributed by atoms with van der Waals surface area (Å²) in [6, 6.07) is 27.7. The average Bonchev–Trinajstić information content (AvgIpc) is 3.32. The molecule has 0 amide bonds. The molecule has 32 heavy (non-hydrogen) atoms. The highest BCUT2D eigenvalue weighted by atomic mass is 16.1. The molecule has 4 nitrogen and oxygen atoms in total. The molecule has 0 spiro atoms. The quantitative estimate of drug-likeness (QED) is 0.424. The summed E-state index contributed by atoms with van der Waals surface area (Å²) in [5, 5.41) is 1.90. The fraction of sp³-hybridized carbons (Fsp3) is 0.0357. The van der Waals surface area contributed by atoms with Crippen LogP contribution in [0.25, 0.3) is 43.7 Å². The largest absolute Gasteiger partial charge is 0.332 e. The summed E-state index contributed by atoms with van der Waals surface area (Å²) in [7, 11) is 0. The fourth-order valence-electron chi connectivity index (χ4n) is 4.77. The molecule has 6 rings (SSSR count). The Hall–Kier alpha value is -4.31. The van der Waals surface area contributed by atoms with Crippen molar-refractivity contribution in [3.63, 3.8) is 0 Å².